The van der Waals surface area contributed by atoms with Crippen LogP contribution in [0.25, 0.3) is 22.3 Å². The second kappa shape index (κ2) is 11.6. The van der Waals surface area contributed by atoms with E-state index in [-0.39, 0.29) is 18.7 Å². The quantitative estimate of drug-likeness (QED) is 0.288. The van der Waals surface area contributed by atoms with E-state index in [1.807, 2.05) is 19.9 Å². The number of aliphatic hydroxyl groups is 1. The van der Waals surface area contributed by atoms with Crippen molar-refractivity contribution in [2.24, 2.45) is 0 Å². The number of rotatable bonds is 9. The van der Waals surface area contributed by atoms with Crippen LogP contribution in [0.4, 0.5) is 4.39 Å². The SMILES string of the molecule is CCCc1nc(C)c(-c2ccc(OC(C)(C)CO)cc2)c(=O)n1Cc1ccc(-c2ccccc2C#N)cc1F. The number of nitrogens with zero attached hydrogens (tertiary/aromatic N) is 3. The summed E-state index contributed by atoms with van der Waals surface area (Å²) in [5, 5.41) is 18.9. The van der Waals surface area contributed by atoms with E-state index >= 15 is 4.39 Å². The van der Waals surface area contributed by atoms with Gasteiger partial charge in [-0.15, -0.1) is 0 Å². The van der Waals surface area contributed by atoms with Gasteiger partial charge in [0.1, 0.15) is 23.0 Å². The van der Waals surface area contributed by atoms with Gasteiger partial charge in [-0.1, -0.05) is 49.4 Å². The zero-order chi connectivity index (χ0) is 28.2. The minimum absolute atomic E-state index is 0.0341. The Morgan fingerprint density at radius 3 is 2.41 bits per heavy atom. The van der Waals surface area contributed by atoms with Crippen molar-refractivity contribution < 1.29 is 14.2 Å². The number of nitriles is 1. The first-order valence-corrected chi connectivity index (χ1v) is 13.0. The third-order valence-corrected chi connectivity index (χ3v) is 6.56. The minimum atomic E-state index is -0.732. The maximum Gasteiger partial charge on any atom is 0.261 e. The maximum absolute atomic E-state index is 15.4. The highest BCUT2D eigenvalue weighted by atomic mass is 19.1. The average Bonchev–Trinajstić information content (AvgIpc) is 2.92. The summed E-state index contributed by atoms with van der Waals surface area (Å²) >= 11 is 0. The van der Waals surface area contributed by atoms with E-state index in [2.05, 4.69) is 6.07 Å². The lowest BCUT2D eigenvalue weighted by atomic mass is 9.99. The molecule has 4 aromatic rings. The lowest BCUT2D eigenvalue weighted by Gasteiger charge is -2.24. The zero-order valence-corrected chi connectivity index (χ0v) is 22.7. The van der Waals surface area contributed by atoms with Gasteiger partial charge in [-0.2, -0.15) is 5.26 Å². The summed E-state index contributed by atoms with van der Waals surface area (Å²) in [5.41, 5.74) is 2.84. The lowest BCUT2D eigenvalue weighted by Crippen LogP contribution is -2.32. The van der Waals surface area contributed by atoms with Crippen molar-refractivity contribution in [3.05, 3.63) is 106 Å². The molecule has 1 N–H and O–H groups in total. The molecule has 0 aliphatic rings. The number of halogens is 1. The van der Waals surface area contributed by atoms with Crippen LogP contribution < -0.4 is 10.3 Å². The summed E-state index contributed by atoms with van der Waals surface area (Å²) in [6, 6.07) is 21.2. The Hall–Kier alpha value is -4.28. The van der Waals surface area contributed by atoms with Gasteiger partial charge in [0, 0.05) is 12.0 Å². The number of aliphatic hydroxyl groups excluding tert-OH is 1. The van der Waals surface area contributed by atoms with Crippen LogP contribution in [0.5, 0.6) is 5.75 Å². The highest BCUT2D eigenvalue weighted by molar-refractivity contribution is 5.70. The van der Waals surface area contributed by atoms with Crippen LogP contribution in [0.15, 0.2) is 71.5 Å². The van der Waals surface area contributed by atoms with E-state index < -0.39 is 11.4 Å². The van der Waals surface area contributed by atoms with Crippen molar-refractivity contribution >= 4 is 0 Å². The highest BCUT2D eigenvalue weighted by Crippen LogP contribution is 2.27. The Kier molecular flexibility index (Phi) is 8.27. The second-order valence-corrected chi connectivity index (χ2v) is 10.1. The van der Waals surface area contributed by atoms with Gasteiger partial charge in [0.2, 0.25) is 0 Å². The van der Waals surface area contributed by atoms with Crippen LogP contribution >= 0.6 is 0 Å². The van der Waals surface area contributed by atoms with E-state index in [0.717, 1.165) is 6.42 Å². The number of aryl methyl sites for hydroxylation is 2. The Balaban J connectivity index is 1.73. The zero-order valence-electron chi connectivity index (χ0n) is 22.7. The van der Waals surface area contributed by atoms with Crippen LogP contribution in [0.1, 0.15) is 49.8 Å². The molecule has 4 rings (SSSR count). The number of aromatic nitrogens is 2. The number of hydrogen-bond donors (Lipinski definition) is 1. The molecular formula is C32H32FN3O3. The first-order valence-electron chi connectivity index (χ1n) is 13.0. The molecule has 200 valence electrons. The Bertz CT molecular complexity index is 1580. The van der Waals surface area contributed by atoms with Crippen molar-refractivity contribution in [1.82, 2.24) is 9.55 Å². The van der Waals surface area contributed by atoms with Crippen molar-refractivity contribution in [3.63, 3.8) is 0 Å². The molecule has 0 saturated heterocycles. The third kappa shape index (κ3) is 6.08. The van der Waals surface area contributed by atoms with Crippen LogP contribution in [0, 0.1) is 24.1 Å². The van der Waals surface area contributed by atoms with Gasteiger partial charge in [0.15, 0.2) is 0 Å². The predicted octanol–water partition coefficient (Wildman–Crippen LogP) is 6.05. The summed E-state index contributed by atoms with van der Waals surface area (Å²) in [6.45, 7) is 7.29. The van der Waals surface area contributed by atoms with Crippen molar-refractivity contribution in [2.75, 3.05) is 6.61 Å². The smallest absolute Gasteiger partial charge is 0.261 e. The molecule has 39 heavy (non-hydrogen) atoms. The molecule has 1 heterocycles. The molecule has 0 fully saturated rings. The molecule has 0 saturated carbocycles. The van der Waals surface area contributed by atoms with Gasteiger partial charge in [-0.3, -0.25) is 9.36 Å². The van der Waals surface area contributed by atoms with Crippen molar-refractivity contribution in [2.45, 2.75) is 52.7 Å². The molecule has 0 unspecified atom stereocenters. The van der Waals surface area contributed by atoms with E-state index in [1.165, 1.54) is 6.07 Å². The maximum atomic E-state index is 15.4. The van der Waals surface area contributed by atoms with E-state index in [0.29, 0.717) is 57.1 Å². The molecule has 0 bridgehead atoms. The second-order valence-electron chi connectivity index (χ2n) is 10.1. The predicted molar refractivity (Wildman–Crippen MR) is 150 cm³/mol. The van der Waals surface area contributed by atoms with Gasteiger partial charge in [-0.05, 0) is 68.1 Å². The van der Waals surface area contributed by atoms with Crippen LogP contribution in [-0.4, -0.2) is 26.9 Å². The molecule has 0 spiro atoms. The molecule has 6 nitrogen and oxygen atoms in total. The molecule has 7 heteroatoms. The lowest BCUT2D eigenvalue weighted by molar-refractivity contribution is 0.0413. The van der Waals surface area contributed by atoms with Gasteiger partial charge in [0.05, 0.1) is 36.0 Å². The van der Waals surface area contributed by atoms with E-state index in [1.54, 1.807) is 73.0 Å². The molecule has 1 aromatic heterocycles. The molecule has 0 atom stereocenters. The Labute approximate surface area is 228 Å². The topological polar surface area (TPSA) is 88.1 Å². The molecular weight excluding hydrogens is 493 g/mol. The summed E-state index contributed by atoms with van der Waals surface area (Å²) in [6.07, 6.45) is 1.36. The van der Waals surface area contributed by atoms with E-state index in [9.17, 15) is 15.2 Å². The normalized spacial score (nSPS) is 11.3. The monoisotopic (exact) mass is 525 g/mol. The minimum Gasteiger partial charge on any atom is -0.485 e. The fourth-order valence-corrected chi connectivity index (χ4v) is 4.51. The van der Waals surface area contributed by atoms with Gasteiger partial charge >= 0.3 is 0 Å². The Morgan fingerprint density at radius 2 is 1.77 bits per heavy atom. The molecule has 0 aliphatic heterocycles. The highest BCUT2D eigenvalue weighted by Gasteiger charge is 2.20. The fourth-order valence-electron chi connectivity index (χ4n) is 4.51. The number of ether oxygens (including phenoxy) is 1. The molecule has 0 radical (unpaired) electrons. The summed E-state index contributed by atoms with van der Waals surface area (Å²) < 4.78 is 22.7. The first-order chi connectivity index (χ1) is 18.7. The standard InChI is InChI=1S/C32H32FN3O3/c1-5-8-29-35-21(2)30(22-13-15-26(16-14-22)39-32(3,4)20-37)31(38)36(29)19-25-12-11-23(17-28(25)33)27-10-7-6-9-24(27)18-34/h6-7,9-17,37H,5,8,19-20H2,1-4H3. The van der Waals surface area contributed by atoms with Crippen LogP contribution in [-0.2, 0) is 13.0 Å². The molecule has 0 amide bonds. The molecule has 0 aliphatic carbocycles. The molecule has 3 aromatic carbocycles. The first kappa shape index (κ1) is 27.7. The Morgan fingerprint density at radius 1 is 1.08 bits per heavy atom. The van der Waals surface area contributed by atoms with Gasteiger partial charge in [0.25, 0.3) is 5.56 Å². The number of benzene rings is 3. The van der Waals surface area contributed by atoms with Crippen molar-refractivity contribution in [3.8, 4) is 34.1 Å². The van der Waals surface area contributed by atoms with Crippen LogP contribution in [0.2, 0.25) is 0 Å². The number of hydrogen-bond acceptors (Lipinski definition) is 5. The average molecular weight is 526 g/mol. The van der Waals surface area contributed by atoms with Crippen molar-refractivity contribution in [1.29, 1.82) is 5.26 Å². The largest absolute Gasteiger partial charge is 0.485 e. The van der Waals surface area contributed by atoms with Gasteiger partial charge < -0.3 is 9.84 Å². The van der Waals surface area contributed by atoms with Crippen LogP contribution in [0.3, 0.4) is 0 Å². The fraction of sp³-hybridized carbons (Fsp3) is 0.281. The summed E-state index contributed by atoms with van der Waals surface area (Å²) in [5.74, 6) is 0.725. The summed E-state index contributed by atoms with van der Waals surface area (Å²) in [4.78, 5) is 18.6. The third-order valence-electron chi connectivity index (χ3n) is 6.56. The van der Waals surface area contributed by atoms with Gasteiger partial charge in [-0.25, -0.2) is 9.37 Å². The van der Waals surface area contributed by atoms with E-state index in [4.69, 9.17) is 9.72 Å². The summed E-state index contributed by atoms with van der Waals surface area (Å²) in [7, 11) is 0.